The minimum atomic E-state index is -0.675. The zero-order chi connectivity index (χ0) is 15.3. The third-order valence-corrected chi connectivity index (χ3v) is 3.74. The Morgan fingerprint density at radius 2 is 2.33 bits per heavy atom. The predicted octanol–water partition coefficient (Wildman–Crippen LogP) is 1.16. The lowest BCUT2D eigenvalue weighted by molar-refractivity contribution is -0.123. The number of hydrogen-bond acceptors (Lipinski definition) is 4. The lowest BCUT2D eigenvalue weighted by atomic mass is 9.95. The van der Waals surface area contributed by atoms with Crippen molar-refractivity contribution >= 4 is 5.91 Å². The number of rotatable bonds is 5. The predicted molar refractivity (Wildman–Crippen MR) is 81.1 cm³/mol. The summed E-state index contributed by atoms with van der Waals surface area (Å²) in [7, 11) is 1.62. The first-order chi connectivity index (χ1) is 9.98. The van der Waals surface area contributed by atoms with E-state index in [1.807, 2.05) is 36.1 Å². The van der Waals surface area contributed by atoms with Crippen LogP contribution >= 0.6 is 0 Å². The third kappa shape index (κ3) is 5.02. The molecule has 5 nitrogen and oxygen atoms in total. The Morgan fingerprint density at radius 1 is 1.52 bits per heavy atom. The number of benzene rings is 1. The van der Waals surface area contributed by atoms with Crippen molar-refractivity contribution in [3.8, 4) is 5.75 Å². The second-order valence-electron chi connectivity index (χ2n) is 5.94. The van der Waals surface area contributed by atoms with Crippen LogP contribution in [0, 0.1) is 0 Å². The Hall–Kier alpha value is -1.59. The van der Waals surface area contributed by atoms with Gasteiger partial charge in [0.15, 0.2) is 0 Å². The molecule has 1 fully saturated rings. The summed E-state index contributed by atoms with van der Waals surface area (Å²) in [5, 5.41) is 12.9. The molecule has 0 aromatic heterocycles. The van der Waals surface area contributed by atoms with E-state index in [1.165, 1.54) is 0 Å². The van der Waals surface area contributed by atoms with Crippen molar-refractivity contribution < 1.29 is 14.6 Å². The highest BCUT2D eigenvalue weighted by molar-refractivity contribution is 5.78. The van der Waals surface area contributed by atoms with Crippen LogP contribution in [0.5, 0.6) is 5.75 Å². The average Bonchev–Trinajstić information content (AvgIpc) is 2.44. The quantitative estimate of drug-likeness (QED) is 0.855. The Labute approximate surface area is 125 Å². The molecule has 1 aliphatic rings. The van der Waals surface area contributed by atoms with Crippen molar-refractivity contribution in [1.82, 2.24) is 10.2 Å². The fourth-order valence-corrected chi connectivity index (χ4v) is 2.70. The Balaban J connectivity index is 1.79. The van der Waals surface area contributed by atoms with Gasteiger partial charge in [0.25, 0.3) is 0 Å². The van der Waals surface area contributed by atoms with Crippen LogP contribution in [0.1, 0.15) is 25.3 Å². The van der Waals surface area contributed by atoms with E-state index in [1.54, 1.807) is 7.11 Å². The maximum absolute atomic E-state index is 12.0. The monoisotopic (exact) mass is 292 g/mol. The van der Waals surface area contributed by atoms with Gasteiger partial charge in [-0.05, 0) is 44.0 Å². The summed E-state index contributed by atoms with van der Waals surface area (Å²) < 4.78 is 5.16. The van der Waals surface area contributed by atoms with Gasteiger partial charge in [0.1, 0.15) is 5.75 Å². The number of hydrogen-bond donors (Lipinski definition) is 2. The zero-order valence-corrected chi connectivity index (χ0v) is 12.8. The first-order valence-corrected chi connectivity index (χ1v) is 7.33. The molecular formula is C16H24N2O3. The molecule has 1 unspecified atom stereocenters. The highest BCUT2D eigenvalue weighted by Gasteiger charge is 2.28. The molecule has 0 bridgehead atoms. The Morgan fingerprint density at radius 3 is 3.05 bits per heavy atom. The van der Waals surface area contributed by atoms with E-state index in [0.717, 1.165) is 30.7 Å². The van der Waals surface area contributed by atoms with E-state index in [9.17, 15) is 9.90 Å². The first kappa shape index (κ1) is 15.8. The van der Waals surface area contributed by atoms with Gasteiger partial charge in [0.2, 0.25) is 5.91 Å². The lowest BCUT2D eigenvalue weighted by Crippen LogP contribution is -2.49. The van der Waals surface area contributed by atoms with Crippen molar-refractivity contribution in [2.75, 3.05) is 26.7 Å². The Bertz CT molecular complexity index is 488. The normalized spacial score (nSPS) is 22.8. The third-order valence-electron chi connectivity index (χ3n) is 3.74. The number of amides is 1. The second kappa shape index (κ2) is 6.91. The molecule has 1 heterocycles. The van der Waals surface area contributed by atoms with Crippen molar-refractivity contribution in [2.45, 2.75) is 31.9 Å². The molecule has 116 valence electrons. The number of likely N-dealkylation sites (tertiary alicyclic amines) is 1. The fraction of sp³-hybridized carbons (Fsp3) is 0.562. The highest BCUT2D eigenvalue weighted by atomic mass is 16.5. The van der Waals surface area contributed by atoms with Gasteiger partial charge in [0.05, 0.1) is 19.3 Å². The van der Waals surface area contributed by atoms with Crippen LogP contribution < -0.4 is 10.1 Å². The molecule has 1 saturated heterocycles. The average molecular weight is 292 g/mol. The summed E-state index contributed by atoms with van der Waals surface area (Å²) in [6.07, 6.45) is 1.73. The molecule has 1 aliphatic heterocycles. The topological polar surface area (TPSA) is 61.8 Å². The van der Waals surface area contributed by atoms with Gasteiger partial charge in [-0.3, -0.25) is 9.69 Å². The molecule has 2 N–H and O–H groups in total. The summed E-state index contributed by atoms with van der Waals surface area (Å²) in [5.41, 5.74) is 0.332. The highest BCUT2D eigenvalue weighted by Crippen LogP contribution is 2.19. The summed E-state index contributed by atoms with van der Waals surface area (Å²) in [6, 6.07) is 7.64. The maximum Gasteiger partial charge on any atom is 0.234 e. The SMILES string of the molecule is COc1cccc(CNC(=O)CN2CCCC(C)(O)C2)c1. The largest absolute Gasteiger partial charge is 0.497 e. The molecule has 0 radical (unpaired) electrons. The standard InChI is InChI=1S/C16H24N2O3/c1-16(20)7-4-8-18(12-16)11-15(19)17-10-13-5-3-6-14(9-13)21-2/h3,5-6,9,20H,4,7-8,10-12H2,1-2H3,(H,17,19). The number of carbonyl (C=O) groups is 1. The smallest absolute Gasteiger partial charge is 0.234 e. The molecule has 1 atom stereocenters. The fourth-order valence-electron chi connectivity index (χ4n) is 2.70. The van der Waals surface area contributed by atoms with Crippen LogP contribution in [0.15, 0.2) is 24.3 Å². The van der Waals surface area contributed by atoms with Crippen molar-refractivity contribution in [1.29, 1.82) is 0 Å². The van der Waals surface area contributed by atoms with Crippen LogP contribution in [0.4, 0.5) is 0 Å². The molecule has 2 rings (SSSR count). The molecule has 1 aromatic rings. The van der Waals surface area contributed by atoms with E-state index in [4.69, 9.17) is 4.74 Å². The number of aliphatic hydroxyl groups is 1. The van der Waals surface area contributed by atoms with E-state index in [-0.39, 0.29) is 5.91 Å². The number of piperidine rings is 1. The van der Waals surface area contributed by atoms with Crippen LogP contribution in [0.25, 0.3) is 0 Å². The first-order valence-electron chi connectivity index (χ1n) is 7.33. The minimum absolute atomic E-state index is 0.0180. The second-order valence-corrected chi connectivity index (χ2v) is 5.94. The summed E-state index contributed by atoms with van der Waals surface area (Å²) in [5.74, 6) is 0.768. The summed E-state index contributed by atoms with van der Waals surface area (Å²) in [4.78, 5) is 14.0. The van der Waals surface area contributed by atoms with Gasteiger partial charge in [0, 0.05) is 13.1 Å². The summed E-state index contributed by atoms with van der Waals surface area (Å²) in [6.45, 7) is 4.07. The van der Waals surface area contributed by atoms with Gasteiger partial charge in [-0.25, -0.2) is 0 Å². The van der Waals surface area contributed by atoms with Gasteiger partial charge in [-0.2, -0.15) is 0 Å². The molecule has 21 heavy (non-hydrogen) atoms. The summed E-state index contributed by atoms with van der Waals surface area (Å²) >= 11 is 0. The van der Waals surface area contributed by atoms with Crippen LogP contribution in [0.2, 0.25) is 0 Å². The maximum atomic E-state index is 12.0. The number of β-amino-alcohol motifs (C(OH)–C–C–N with tert-alkyl or cyclic N) is 1. The molecule has 5 heteroatoms. The molecular weight excluding hydrogens is 268 g/mol. The molecule has 1 aromatic carbocycles. The van der Waals surface area contributed by atoms with Crippen molar-refractivity contribution in [3.63, 3.8) is 0 Å². The van der Waals surface area contributed by atoms with E-state index in [0.29, 0.717) is 19.6 Å². The van der Waals surface area contributed by atoms with Crippen molar-refractivity contribution in [3.05, 3.63) is 29.8 Å². The Kier molecular flexibility index (Phi) is 5.20. The number of carbonyl (C=O) groups excluding carboxylic acids is 1. The number of methoxy groups -OCH3 is 1. The van der Waals surface area contributed by atoms with Crippen LogP contribution in [0.3, 0.4) is 0 Å². The minimum Gasteiger partial charge on any atom is -0.497 e. The zero-order valence-electron chi connectivity index (χ0n) is 12.8. The molecule has 0 aliphatic carbocycles. The van der Waals surface area contributed by atoms with E-state index < -0.39 is 5.60 Å². The van der Waals surface area contributed by atoms with Gasteiger partial charge in [-0.15, -0.1) is 0 Å². The van der Waals surface area contributed by atoms with Crippen LogP contribution in [-0.2, 0) is 11.3 Å². The van der Waals surface area contributed by atoms with Gasteiger partial charge in [-0.1, -0.05) is 12.1 Å². The molecule has 0 saturated carbocycles. The van der Waals surface area contributed by atoms with Gasteiger partial charge >= 0.3 is 0 Å². The van der Waals surface area contributed by atoms with Crippen LogP contribution in [-0.4, -0.2) is 48.3 Å². The lowest BCUT2D eigenvalue weighted by Gasteiger charge is -2.36. The van der Waals surface area contributed by atoms with E-state index in [2.05, 4.69) is 5.32 Å². The van der Waals surface area contributed by atoms with Crippen molar-refractivity contribution in [2.24, 2.45) is 0 Å². The molecule has 0 spiro atoms. The number of nitrogens with one attached hydrogen (secondary N) is 1. The number of ether oxygens (including phenoxy) is 1. The van der Waals surface area contributed by atoms with Gasteiger partial charge < -0.3 is 15.2 Å². The number of nitrogens with zero attached hydrogens (tertiary/aromatic N) is 1. The molecule has 1 amide bonds. The van der Waals surface area contributed by atoms with E-state index >= 15 is 0 Å².